The van der Waals surface area contributed by atoms with Gasteiger partial charge in [-0.3, -0.25) is 4.79 Å². The van der Waals surface area contributed by atoms with E-state index in [0.717, 1.165) is 10.2 Å². The highest BCUT2D eigenvalue weighted by molar-refractivity contribution is 9.10. The van der Waals surface area contributed by atoms with Gasteiger partial charge in [-0.05, 0) is 35.0 Å². The van der Waals surface area contributed by atoms with Gasteiger partial charge in [-0.25, -0.2) is 9.67 Å². The van der Waals surface area contributed by atoms with Crippen LogP contribution in [0.15, 0.2) is 51.9 Å². The molecule has 0 aliphatic carbocycles. The maximum atomic E-state index is 12.0. The smallest absolute Gasteiger partial charge is 0.277 e. The molecule has 2 heterocycles. The third-order valence-corrected chi connectivity index (χ3v) is 3.57. The summed E-state index contributed by atoms with van der Waals surface area (Å²) in [6.07, 6.45) is 4.55. The van der Waals surface area contributed by atoms with Gasteiger partial charge in [0.1, 0.15) is 5.76 Å². The van der Waals surface area contributed by atoms with Crippen molar-refractivity contribution in [2.75, 3.05) is 5.32 Å². The van der Waals surface area contributed by atoms with E-state index in [4.69, 9.17) is 4.42 Å². The lowest BCUT2D eigenvalue weighted by molar-refractivity contribution is 0.102. The van der Waals surface area contributed by atoms with Crippen molar-refractivity contribution in [3.8, 4) is 5.69 Å². The second-order valence-corrected chi connectivity index (χ2v) is 5.19. The van der Waals surface area contributed by atoms with Gasteiger partial charge in [0.15, 0.2) is 12.1 Å². The fraction of sp³-hybridized carbons (Fsp3) is 0.0714. The molecule has 106 valence electrons. The molecule has 0 unspecified atom stereocenters. The van der Waals surface area contributed by atoms with Crippen LogP contribution in [-0.4, -0.2) is 20.7 Å². The van der Waals surface area contributed by atoms with Crippen LogP contribution in [0.25, 0.3) is 5.69 Å². The fourth-order valence-corrected chi connectivity index (χ4v) is 2.34. The van der Waals surface area contributed by atoms with Gasteiger partial charge >= 0.3 is 0 Å². The molecule has 7 heteroatoms. The van der Waals surface area contributed by atoms with Crippen molar-refractivity contribution in [1.82, 2.24) is 14.8 Å². The highest BCUT2D eigenvalue weighted by Crippen LogP contribution is 2.21. The second-order valence-electron chi connectivity index (χ2n) is 4.34. The molecule has 0 spiro atoms. The highest BCUT2D eigenvalue weighted by Gasteiger charge is 2.14. The number of aromatic nitrogens is 3. The molecule has 0 saturated carbocycles. The Morgan fingerprint density at radius 3 is 2.90 bits per heavy atom. The number of para-hydroxylation sites is 1. The topological polar surface area (TPSA) is 73.0 Å². The molecule has 3 rings (SSSR count). The zero-order chi connectivity index (χ0) is 14.8. The molecule has 1 N–H and O–H groups in total. The number of oxazole rings is 1. The molecule has 6 nitrogen and oxygen atoms in total. The minimum Gasteiger partial charge on any atom is -0.448 e. The standard InChI is InChI=1S/C14H11BrN4O2/c1-9-13(16-8-21-9)14(20)18-10-6-17-19(7-10)12-5-3-2-4-11(12)15/h2-8H,1H3,(H,18,20). The molecule has 0 bridgehead atoms. The molecule has 0 aliphatic heterocycles. The van der Waals surface area contributed by atoms with Crippen molar-refractivity contribution in [3.05, 3.63) is 59.0 Å². The predicted molar refractivity (Wildman–Crippen MR) is 80.5 cm³/mol. The lowest BCUT2D eigenvalue weighted by atomic mass is 10.3. The average molecular weight is 347 g/mol. The largest absolute Gasteiger partial charge is 0.448 e. The van der Waals surface area contributed by atoms with Crippen LogP contribution < -0.4 is 5.32 Å². The van der Waals surface area contributed by atoms with Crippen LogP contribution in [0.1, 0.15) is 16.2 Å². The van der Waals surface area contributed by atoms with Crippen LogP contribution in [0.3, 0.4) is 0 Å². The van der Waals surface area contributed by atoms with Crippen molar-refractivity contribution in [2.24, 2.45) is 0 Å². The maximum absolute atomic E-state index is 12.0. The van der Waals surface area contributed by atoms with E-state index in [-0.39, 0.29) is 11.6 Å². The van der Waals surface area contributed by atoms with E-state index in [9.17, 15) is 4.79 Å². The van der Waals surface area contributed by atoms with Gasteiger partial charge in [-0.2, -0.15) is 5.10 Å². The molecular formula is C14H11BrN4O2. The van der Waals surface area contributed by atoms with E-state index in [0.29, 0.717) is 11.4 Å². The average Bonchev–Trinajstić information content (AvgIpc) is 3.08. The Balaban J connectivity index is 1.82. The first-order valence-corrected chi connectivity index (χ1v) is 6.95. The van der Waals surface area contributed by atoms with Gasteiger partial charge in [-0.15, -0.1) is 0 Å². The first-order valence-electron chi connectivity index (χ1n) is 6.16. The van der Waals surface area contributed by atoms with Crippen LogP contribution in [0.5, 0.6) is 0 Å². The Morgan fingerprint density at radius 2 is 2.19 bits per heavy atom. The minimum atomic E-state index is -0.326. The lowest BCUT2D eigenvalue weighted by Gasteiger charge is -2.03. The summed E-state index contributed by atoms with van der Waals surface area (Å²) in [4.78, 5) is 15.9. The number of amides is 1. The fourth-order valence-electron chi connectivity index (χ4n) is 1.87. The summed E-state index contributed by atoms with van der Waals surface area (Å²) in [5.74, 6) is 0.152. The zero-order valence-electron chi connectivity index (χ0n) is 11.1. The summed E-state index contributed by atoms with van der Waals surface area (Å²) in [6, 6.07) is 7.68. The molecule has 2 aromatic heterocycles. The number of rotatable bonds is 3. The Kier molecular flexibility index (Phi) is 3.57. The number of anilines is 1. The Labute approximate surface area is 128 Å². The molecule has 1 amide bonds. The van der Waals surface area contributed by atoms with Crippen molar-refractivity contribution in [3.63, 3.8) is 0 Å². The summed E-state index contributed by atoms with van der Waals surface area (Å²) < 4.78 is 7.61. The maximum Gasteiger partial charge on any atom is 0.277 e. The zero-order valence-corrected chi connectivity index (χ0v) is 12.7. The molecule has 0 aliphatic rings. The summed E-state index contributed by atoms with van der Waals surface area (Å²) in [5, 5.41) is 6.97. The van der Waals surface area contributed by atoms with Crippen molar-refractivity contribution < 1.29 is 9.21 Å². The van der Waals surface area contributed by atoms with E-state index in [1.54, 1.807) is 24.0 Å². The van der Waals surface area contributed by atoms with Crippen molar-refractivity contribution in [2.45, 2.75) is 6.92 Å². The SMILES string of the molecule is Cc1ocnc1C(=O)Nc1cnn(-c2ccccc2Br)c1. The number of halogens is 1. The van der Waals surface area contributed by atoms with Crippen LogP contribution in [0, 0.1) is 6.92 Å². The van der Waals surface area contributed by atoms with Crippen LogP contribution in [-0.2, 0) is 0 Å². The Bertz CT molecular complexity index is 794. The molecule has 1 aromatic carbocycles. The first-order chi connectivity index (χ1) is 10.1. The number of hydrogen-bond acceptors (Lipinski definition) is 4. The van der Waals surface area contributed by atoms with Crippen LogP contribution in [0.4, 0.5) is 5.69 Å². The predicted octanol–water partition coefficient (Wildman–Crippen LogP) is 3.18. The van der Waals surface area contributed by atoms with Gasteiger partial charge in [0, 0.05) is 4.47 Å². The Hall–Kier alpha value is -2.41. The number of nitrogens with one attached hydrogen (secondary N) is 1. The number of carbonyl (C=O) groups is 1. The van der Waals surface area contributed by atoms with Crippen LogP contribution in [0.2, 0.25) is 0 Å². The van der Waals surface area contributed by atoms with E-state index in [1.165, 1.54) is 6.39 Å². The molecule has 0 atom stereocenters. The lowest BCUT2D eigenvalue weighted by Crippen LogP contribution is -2.13. The number of carbonyl (C=O) groups excluding carboxylic acids is 1. The summed E-state index contributed by atoms with van der Waals surface area (Å²) >= 11 is 3.46. The second kappa shape index (κ2) is 5.53. The summed E-state index contributed by atoms with van der Waals surface area (Å²) in [7, 11) is 0. The molecular weight excluding hydrogens is 336 g/mol. The van der Waals surface area contributed by atoms with Crippen molar-refractivity contribution in [1.29, 1.82) is 0 Å². The van der Waals surface area contributed by atoms with Gasteiger partial charge in [-0.1, -0.05) is 12.1 Å². The summed E-state index contributed by atoms with van der Waals surface area (Å²) in [6.45, 7) is 1.69. The third kappa shape index (κ3) is 2.73. The minimum absolute atomic E-state index is 0.267. The van der Waals surface area contributed by atoms with E-state index in [1.807, 2.05) is 24.3 Å². The molecule has 0 radical (unpaired) electrons. The van der Waals surface area contributed by atoms with Crippen molar-refractivity contribution >= 4 is 27.5 Å². The monoisotopic (exact) mass is 346 g/mol. The summed E-state index contributed by atoms with van der Waals surface area (Å²) in [5.41, 5.74) is 1.73. The number of hydrogen-bond donors (Lipinski definition) is 1. The van der Waals surface area contributed by atoms with Gasteiger partial charge < -0.3 is 9.73 Å². The van der Waals surface area contributed by atoms with E-state index < -0.39 is 0 Å². The van der Waals surface area contributed by atoms with E-state index in [2.05, 4.69) is 31.3 Å². The normalized spacial score (nSPS) is 10.6. The quantitative estimate of drug-likeness (QED) is 0.790. The molecule has 21 heavy (non-hydrogen) atoms. The molecule has 0 saturated heterocycles. The van der Waals surface area contributed by atoms with E-state index >= 15 is 0 Å². The van der Waals surface area contributed by atoms with Crippen LogP contribution >= 0.6 is 15.9 Å². The van der Waals surface area contributed by atoms with Gasteiger partial charge in [0.2, 0.25) is 0 Å². The van der Waals surface area contributed by atoms with Gasteiger partial charge in [0.25, 0.3) is 5.91 Å². The molecule has 3 aromatic rings. The Morgan fingerprint density at radius 1 is 1.38 bits per heavy atom. The number of aryl methyl sites for hydroxylation is 1. The van der Waals surface area contributed by atoms with Gasteiger partial charge in [0.05, 0.1) is 23.8 Å². The highest BCUT2D eigenvalue weighted by atomic mass is 79.9. The number of benzene rings is 1. The first kappa shape index (κ1) is 13.6. The number of nitrogens with zero attached hydrogens (tertiary/aromatic N) is 3. The third-order valence-electron chi connectivity index (χ3n) is 2.90. The molecule has 0 fully saturated rings.